The molecule has 53 heavy (non-hydrogen) atoms. The van der Waals surface area contributed by atoms with Crippen molar-refractivity contribution in [2.75, 3.05) is 0 Å². The van der Waals surface area contributed by atoms with E-state index in [1.165, 1.54) is 12.1 Å². The standard InChI is InChI=1S/C18H9BrClFO2.C18H8BrClO2.CH2O3.CH4.CH3.2K.H/c19-12-8-14(22)16(10-6-5-9(20)7-13(10)21)17-11-3-1-2-4-15(11)23-18(12)17;19-12-8-15-16(11-6-5-9(20)7-14(11)21-15)17-10-3-1-2-4-13(10)22-18(12)17;2-1-4-3;;;;;/h1-8,22H;1-8H;1,3H;1H4;1H3;;;/q;;;;-1;2*+1;-1/p-1. The molecule has 0 spiro atoms. The van der Waals surface area contributed by atoms with Crippen LogP contribution in [0, 0.1) is 13.2 Å². The molecule has 0 bridgehead atoms. The SMILES string of the molecule is C.Clc1ccc2c(c1)oc1cc(Br)c3oc4ccccc4c3c12.O=CO[O-].Oc1cc(Br)c2oc3ccccc3c2c1-c1ccc(Cl)cc1F.[CH3-].[H-].[K+].[K+]. The average Bonchev–Trinajstić information content (AvgIpc) is 3.78. The Labute approximate surface area is 416 Å². The van der Waals surface area contributed by atoms with E-state index >= 15 is 0 Å². The van der Waals surface area contributed by atoms with E-state index in [0.717, 1.165) is 53.7 Å². The molecule has 0 amide bonds. The monoisotopic (exact) mass is 931 g/mol. The summed E-state index contributed by atoms with van der Waals surface area (Å²) < 4.78 is 33.8. The molecule has 0 aliphatic rings. The van der Waals surface area contributed by atoms with Crippen molar-refractivity contribution in [2.45, 2.75) is 7.43 Å². The van der Waals surface area contributed by atoms with E-state index in [0.29, 0.717) is 36.6 Å². The normalized spacial score (nSPS) is 10.4. The molecule has 0 aliphatic carbocycles. The first-order chi connectivity index (χ1) is 23.7. The van der Waals surface area contributed by atoms with Gasteiger partial charge in [-0.25, -0.2) is 4.39 Å². The fraction of sp³-hybridized carbons (Fsp3) is 0.0256. The van der Waals surface area contributed by atoms with Gasteiger partial charge in [0.2, 0.25) is 0 Å². The van der Waals surface area contributed by atoms with E-state index in [1.807, 2.05) is 66.7 Å². The van der Waals surface area contributed by atoms with E-state index in [4.69, 9.17) is 46.5 Å². The predicted octanol–water partition coefficient (Wildman–Crippen LogP) is 7.06. The minimum atomic E-state index is -0.498. The second-order valence-corrected chi connectivity index (χ2v) is 13.2. The predicted molar refractivity (Wildman–Crippen MR) is 209 cm³/mol. The van der Waals surface area contributed by atoms with Gasteiger partial charge in [-0.1, -0.05) is 67.0 Å². The molecule has 0 atom stereocenters. The molecule has 7 nitrogen and oxygen atoms in total. The summed E-state index contributed by atoms with van der Waals surface area (Å²) in [5.41, 5.74) is 5.21. The summed E-state index contributed by atoms with van der Waals surface area (Å²) in [7, 11) is 0. The fourth-order valence-corrected chi connectivity index (χ4v) is 7.21. The van der Waals surface area contributed by atoms with Crippen molar-refractivity contribution in [2.24, 2.45) is 0 Å². The Bertz CT molecular complexity index is 2740. The van der Waals surface area contributed by atoms with Crippen LogP contribution in [-0.2, 0) is 9.68 Å². The van der Waals surface area contributed by atoms with Crippen molar-refractivity contribution in [3.05, 3.63) is 129 Å². The maximum absolute atomic E-state index is 14.4. The molecule has 14 heteroatoms. The summed E-state index contributed by atoms with van der Waals surface area (Å²) in [5, 5.41) is 25.6. The van der Waals surface area contributed by atoms with Gasteiger partial charge in [0.05, 0.1) is 8.95 Å². The second-order valence-electron chi connectivity index (χ2n) is 10.6. The first-order valence-corrected chi connectivity index (χ1v) is 16.7. The maximum atomic E-state index is 14.4. The van der Waals surface area contributed by atoms with E-state index in [-0.39, 0.29) is 137 Å². The number of fused-ring (bicyclic) bond motifs is 10. The number of carbonyl (C=O) groups is 1. The Morgan fingerprint density at radius 2 is 1.21 bits per heavy atom. The molecular formula is C39H26Br2Cl2FK2O7-. The summed E-state index contributed by atoms with van der Waals surface area (Å²) in [6.07, 6.45) is 0. The van der Waals surface area contributed by atoms with Gasteiger partial charge >= 0.3 is 103 Å². The van der Waals surface area contributed by atoms with Gasteiger partial charge in [0.1, 0.15) is 45.1 Å². The summed E-state index contributed by atoms with van der Waals surface area (Å²) in [4.78, 5) is 11.2. The van der Waals surface area contributed by atoms with E-state index in [2.05, 4.69) is 42.8 Å². The number of halogens is 5. The van der Waals surface area contributed by atoms with Crippen LogP contribution in [0.2, 0.25) is 10.0 Å². The van der Waals surface area contributed by atoms with Crippen LogP contribution < -0.4 is 108 Å². The van der Waals surface area contributed by atoms with Gasteiger partial charge in [0.15, 0.2) is 0 Å². The molecule has 0 fully saturated rings. The van der Waals surface area contributed by atoms with E-state index < -0.39 is 5.82 Å². The Morgan fingerprint density at radius 1 is 0.698 bits per heavy atom. The molecule has 9 aromatic rings. The first-order valence-electron chi connectivity index (χ1n) is 14.3. The van der Waals surface area contributed by atoms with Crippen LogP contribution >= 0.6 is 55.1 Å². The van der Waals surface area contributed by atoms with Crippen molar-refractivity contribution >= 4 is 127 Å². The molecule has 0 saturated heterocycles. The summed E-state index contributed by atoms with van der Waals surface area (Å²) in [6, 6.07) is 29.1. The molecule has 6 aromatic carbocycles. The van der Waals surface area contributed by atoms with Gasteiger partial charge in [-0.15, -0.1) is 0 Å². The maximum Gasteiger partial charge on any atom is 1.00 e. The van der Waals surface area contributed by atoms with Crippen molar-refractivity contribution in [1.82, 2.24) is 0 Å². The zero-order valence-electron chi connectivity index (χ0n) is 28.6. The zero-order chi connectivity index (χ0) is 34.4. The van der Waals surface area contributed by atoms with Gasteiger partial charge in [-0.3, -0.25) is 4.79 Å². The van der Waals surface area contributed by atoms with Crippen LogP contribution in [0.1, 0.15) is 8.85 Å². The third-order valence-corrected chi connectivity index (χ3v) is 9.47. The van der Waals surface area contributed by atoms with Gasteiger partial charge in [0, 0.05) is 59.6 Å². The van der Waals surface area contributed by atoms with Crippen molar-refractivity contribution < 1.29 is 142 Å². The molecule has 3 aromatic heterocycles. The number of rotatable bonds is 2. The Morgan fingerprint density at radius 3 is 1.81 bits per heavy atom. The Balaban J connectivity index is 0.000000314. The Kier molecular flexibility index (Phi) is 17.1. The molecule has 1 N–H and O–H groups in total. The van der Waals surface area contributed by atoms with Crippen LogP contribution in [0.15, 0.2) is 119 Å². The Hall–Kier alpha value is -1.31. The van der Waals surface area contributed by atoms with Crippen LogP contribution in [0.25, 0.3) is 76.9 Å². The van der Waals surface area contributed by atoms with E-state index in [1.54, 1.807) is 12.1 Å². The number of hydrogen-bond donors (Lipinski definition) is 1. The van der Waals surface area contributed by atoms with E-state index in [9.17, 15) is 9.50 Å². The molecule has 0 aliphatic heterocycles. The van der Waals surface area contributed by atoms with Gasteiger partial charge < -0.3 is 37.4 Å². The number of aromatic hydroxyl groups is 1. The van der Waals surface area contributed by atoms with Crippen LogP contribution in [0.4, 0.5) is 4.39 Å². The largest absolute Gasteiger partial charge is 1.00 e. The molecule has 0 radical (unpaired) electrons. The minimum absolute atomic E-state index is 0. The zero-order valence-corrected chi connectivity index (χ0v) is 38.5. The third kappa shape index (κ3) is 8.98. The first kappa shape index (κ1) is 46.1. The van der Waals surface area contributed by atoms with Gasteiger partial charge in [-0.2, -0.15) is 0 Å². The number of phenolic OH excluding ortho intramolecular Hbond substituents is 1. The quantitative estimate of drug-likeness (QED) is 0.0651. The van der Waals surface area contributed by atoms with Crippen LogP contribution in [0.5, 0.6) is 5.75 Å². The summed E-state index contributed by atoms with van der Waals surface area (Å²) >= 11 is 18.9. The third-order valence-electron chi connectivity index (χ3n) is 7.82. The number of para-hydroxylation sites is 2. The molecule has 0 saturated carbocycles. The molecule has 9 rings (SSSR count). The van der Waals surface area contributed by atoms with Crippen molar-refractivity contribution in [3.8, 4) is 16.9 Å². The average molecular weight is 935 g/mol. The molecule has 3 heterocycles. The smallest absolute Gasteiger partial charge is 1.00 e. The molecule has 0 unspecified atom stereocenters. The molecular weight excluding hydrogens is 908 g/mol. The number of furan rings is 3. The number of hydrogen-bond acceptors (Lipinski definition) is 7. The fourth-order valence-electron chi connectivity index (χ4n) is 5.90. The van der Waals surface area contributed by atoms with Gasteiger partial charge in [-0.05, 0) is 86.5 Å². The number of phenols is 1. The van der Waals surface area contributed by atoms with Crippen molar-refractivity contribution in [1.29, 1.82) is 0 Å². The molecule has 262 valence electrons. The van der Waals surface area contributed by atoms with Gasteiger partial charge in [0.25, 0.3) is 6.47 Å². The van der Waals surface area contributed by atoms with Crippen LogP contribution in [0.3, 0.4) is 0 Å². The van der Waals surface area contributed by atoms with Crippen molar-refractivity contribution in [3.63, 3.8) is 0 Å². The van der Waals surface area contributed by atoms with Crippen LogP contribution in [-0.4, -0.2) is 11.6 Å². The number of benzene rings is 6. The second kappa shape index (κ2) is 19.7. The number of carbonyl (C=O) groups excluding carboxylic acids is 1. The minimum Gasteiger partial charge on any atom is -1.00 e. The summed E-state index contributed by atoms with van der Waals surface area (Å²) in [5.74, 6) is -0.529. The summed E-state index contributed by atoms with van der Waals surface area (Å²) in [6.45, 7) is -0.181. The topological polar surface area (TPSA) is 109 Å².